The average Bonchev–Trinajstić information content (AvgIpc) is 3.51. The molecular formula is C24H21N3O6. The van der Waals surface area contributed by atoms with E-state index >= 15 is 0 Å². The summed E-state index contributed by atoms with van der Waals surface area (Å²) in [6.07, 6.45) is 2.54. The number of hydrogen-bond acceptors (Lipinski definition) is 6. The lowest BCUT2D eigenvalue weighted by Crippen LogP contribution is -2.52. The smallest absolute Gasteiger partial charge is 0.282 e. The summed E-state index contributed by atoms with van der Waals surface area (Å²) in [6.45, 7) is -0.582. The molecule has 2 bridgehead atoms. The molecular weight excluding hydrogens is 426 g/mol. The third kappa shape index (κ3) is 3.31. The molecule has 9 nitrogen and oxygen atoms in total. The number of carbonyl (C=O) groups excluding carboxylic acids is 4. The molecule has 1 heterocycles. The summed E-state index contributed by atoms with van der Waals surface area (Å²) in [4.78, 5) is 64.1. The monoisotopic (exact) mass is 447 g/mol. The Morgan fingerprint density at radius 1 is 0.939 bits per heavy atom. The van der Waals surface area contributed by atoms with Gasteiger partial charge in [0, 0.05) is 11.6 Å². The Kier molecular flexibility index (Phi) is 5.03. The van der Waals surface area contributed by atoms with E-state index < -0.39 is 52.5 Å². The zero-order valence-corrected chi connectivity index (χ0v) is 17.6. The van der Waals surface area contributed by atoms with Crippen LogP contribution in [0.5, 0.6) is 0 Å². The minimum Gasteiger partial charge on any atom is -0.292 e. The van der Waals surface area contributed by atoms with Gasteiger partial charge in [-0.15, -0.1) is 0 Å². The van der Waals surface area contributed by atoms with Crippen LogP contribution in [0.15, 0.2) is 54.6 Å². The highest BCUT2D eigenvalue weighted by molar-refractivity contribution is 6.10. The van der Waals surface area contributed by atoms with Crippen molar-refractivity contribution in [1.29, 1.82) is 0 Å². The SMILES string of the molecule is O=C(CN(C(=O)c1ccccc1[N+](=O)[O-])N1C(=O)[C@H]2[C@H]3CC[C@@H](C3)[C@@H]2C1=O)c1ccccc1. The lowest BCUT2D eigenvalue weighted by Gasteiger charge is -2.30. The lowest BCUT2D eigenvalue weighted by atomic mass is 9.81. The van der Waals surface area contributed by atoms with Crippen LogP contribution in [0.2, 0.25) is 0 Å². The first-order valence-corrected chi connectivity index (χ1v) is 10.9. The van der Waals surface area contributed by atoms with E-state index in [0.29, 0.717) is 5.56 Å². The van der Waals surface area contributed by atoms with Crippen molar-refractivity contribution in [2.24, 2.45) is 23.7 Å². The lowest BCUT2D eigenvalue weighted by molar-refractivity contribution is -0.385. The maximum absolute atomic E-state index is 13.5. The molecule has 0 N–H and O–H groups in total. The number of para-hydroxylation sites is 1. The zero-order valence-electron chi connectivity index (χ0n) is 17.6. The van der Waals surface area contributed by atoms with Crippen molar-refractivity contribution >= 4 is 29.2 Å². The van der Waals surface area contributed by atoms with Gasteiger partial charge in [-0.2, -0.15) is 5.01 Å². The predicted octanol–water partition coefficient (Wildman–Crippen LogP) is 2.87. The average molecular weight is 447 g/mol. The van der Waals surface area contributed by atoms with Gasteiger partial charge in [0.25, 0.3) is 23.4 Å². The summed E-state index contributed by atoms with van der Waals surface area (Å²) in [5.41, 5.74) is -0.444. The van der Waals surface area contributed by atoms with Gasteiger partial charge in [-0.05, 0) is 37.2 Å². The van der Waals surface area contributed by atoms with E-state index in [1.54, 1.807) is 30.3 Å². The van der Waals surface area contributed by atoms with Gasteiger partial charge in [0.2, 0.25) is 0 Å². The Morgan fingerprint density at radius 2 is 1.52 bits per heavy atom. The molecule has 4 atom stereocenters. The second-order valence-electron chi connectivity index (χ2n) is 8.80. The van der Waals surface area contributed by atoms with E-state index in [9.17, 15) is 29.3 Å². The molecule has 0 aromatic heterocycles. The molecule has 3 aliphatic rings. The van der Waals surface area contributed by atoms with E-state index in [1.807, 2.05) is 0 Å². The standard InChI is InChI=1S/C24H21N3O6/c28-19(14-6-2-1-3-7-14)13-25(22(29)17-8-4-5-9-18(17)27(32)33)26-23(30)20-15-10-11-16(12-15)21(20)24(26)31/h1-9,15-16,20-21H,10-13H2/t15-,16-,20-,21-/m0/s1. The highest BCUT2D eigenvalue weighted by atomic mass is 16.6. The van der Waals surface area contributed by atoms with Crippen molar-refractivity contribution in [2.45, 2.75) is 19.3 Å². The maximum Gasteiger partial charge on any atom is 0.282 e. The van der Waals surface area contributed by atoms with Gasteiger partial charge in [-0.25, -0.2) is 5.01 Å². The van der Waals surface area contributed by atoms with E-state index in [-0.39, 0.29) is 17.4 Å². The van der Waals surface area contributed by atoms with E-state index in [1.165, 1.54) is 24.3 Å². The molecule has 0 radical (unpaired) electrons. The van der Waals surface area contributed by atoms with Crippen LogP contribution in [-0.4, -0.2) is 45.0 Å². The van der Waals surface area contributed by atoms with Crippen molar-refractivity contribution in [1.82, 2.24) is 10.0 Å². The maximum atomic E-state index is 13.5. The number of nitro benzene ring substituents is 1. The van der Waals surface area contributed by atoms with Gasteiger partial charge in [-0.3, -0.25) is 29.3 Å². The topological polar surface area (TPSA) is 118 Å². The number of amides is 3. The summed E-state index contributed by atoms with van der Waals surface area (Å²) >= 11 is 0. The Balaban J connectivity index is 1.54. The molecule has 33 heavy (non-hydrogen) atoms. The predicted molar refractivity (Wildman–Crippen MR) is 115 cm³/mol. The fraction of sp³-hybridized carbons (Fsp3) is 0.333. The minimum atomic E-state index is -0.930. The zero-order chi connectivity index (χ0) is 23.3. The first-order valence-electron chi connectivity index (χ1n) is 10.9. The summed E-state index contributed by atoms with van der Waals surface area (Å²) < 4.78 is 0. The molecule has 1 saturated heterocycles. The first-order chi connectivity index (χ1) is 15.9. The number of Topliss-reactive ketones (excluding diaryl/α,β-unsaturated/α-hetero) is 1. The number of nitrogens with zero attached hydrogens (tertiary/aromatic N) is 3. The van der Waals surface area contributed by atoms with Gasteiger partial charge in [0.05, 0.1) is 16.8 Å². The summed E-state index contributed by atoms with van der Waals surface area (Å²) in [6, 6.07) is 13.5. The number of hydrogen-bond donors (Lipinski definition) is 0. The van der Waals surface area contributed by atoms with Gasteiger partial charge in [0.1, 0.15) is 12.1 Å². The summed E-state index contributed by atoms with van der Waals surface area (Å²) in [7, 11) is 0. The Hall–Kier alpha value is -3.88. The van der Waals surface area contributed by atoms with Crippen molar-refractivity contribution in [3.8, 4) is 0 Å². The largest absolute Gasteiger partial charge is 0.292 e. The minimum absolute atomic E-state index is 0.0919. The van der Waals surface area contributed by atoms with E-state index in [4.69, 9.17) is 0 Å². The van der Waals surface area contributed by atoms with Gasteiger partial charge in [0.15, 0.2) is 5.78 Å². The second-order valence-corrected chi connectivity index (χ2v) is 8.80. The number of nitro groups is 1. The van der Waals surface area contributed by atoms with Crippen LogP contribution in [-0.2, 0) is 9.59 Å². The molecule has 5 rings (SSSR count). The number of hydrazine groups is 1. The third-order valence-electron chi connectivity index (χ3n) is 7.10. The van der Waals surface area contributed by atoms with Crippen LogP contribution in [0.3, 0.4) is 0 Å². The molecule has 9 heteroatoms. The molecule has 0 unspecified atom stereocenters. The number of ketones is 1. The molecule has 3 amide bonds. The number of carbonyl (C=O) groups is 4. The summed E-state index contributed by atoms with van der Waals surface area (Å²) in [5, 5.41) is 13.1. The Morgan fingerprint density at radius 3 is 2.12 bits per heavy atom. The highest BCUT2D eigenvalue weighted by Crippen LogP contribution is 2.56. The van der Waals surface area contributed by atoms with Crippen LogP contribution in [0.25, 0.3) is 0 Å². The number of rotatable bonds is 6. The van der Waals surface area contributed by atoms with Crippen molar-refractivity contribution < 1.29 is 24.1 Å². The van der Waals surface area contributed by atoms with Crippen molar-refractivity contribution in [3.63, 3.8) is 0 Å². The molecule has 2 aromatic carbocycles. The van der Waals surface area contributed by atoms with Crippen LogP contribution in [0.1, 0.15) is 40.0 Å². The van der Waals surface area contributed by atoms with Crippen molar-refractivity contribution in [3.05, 3.63) is 75.8 Å². The van der Waals surface area contributed by atoms with E-state index in [2.05, 4.69) is 0 Å². The third-order valence-corrected chi connectivity index (χ3v) is 7.10. The van der Waals surface area contributed by atoms with Crippen LogP contribution >= 0.6 is 0 Å². The molecule has 2 saturated carbocycles. The van der Waals surface area contributed by atoms with Crippen LogP contribution in [0, 0.1) is 33.8 Å². The molecule has 0 spiro atoms. The van der Waals surface area contributed by atoms with Crippen LogP contribution < -0.4 is 0 Å². The quantitative estimate of drug-likeness (QED) is 0.291. The molecule has 1 aliphatic heterocycles. The second kappa shape index (κ2) is 7.91. The molecule has 2 aromatic rings. The fourth-order valence-electron chi connectivity index (χ4n) is 5.67. The molecule has 168 valence electrons. The molecule has 2 aliphatic carbocycles. The number of imide groups is 1. The van der Waals surface area contributed by atoms with Gasteiger partial charge >= 0.3 is 0 Å². The van der Waals surface area contributed by atoms with Crippen molar-refractivity contribution in [2.75, 3.05) is 6.54 Å². The first kappa shape index (κ1) is 21.0. The molecule has 3 fully saturated rings. The number of benzene rings is 2. The summed E-state index contributed by atoms with van der Waals surface area (Å²) in [5.74, 6) is -3.21. The normalized spacial score (nSPS) is 25.3. The fourth-order valence-corrected chi connectivity index (χ4v) is 5.67. The number of fused-ring (bicyclic) bond motifs is 5. The van der Waals surface area contributed by atoms with Crippen LogP contribution in [0.4, 0.5) is 5.69 Å². The van der Waals surface area contributed by atoms with E-state index in [0.717, 1.165) is 29.3 Å². The Labute approximate surface area is 189 Å². The van der Waals surface area contributed by atoms with Gasteiger partial charge < -0.3 is 0 Å². The Bertz CT molecular complexity index is 1150. The highest BCUT2D eigenvalue weighted by Gasteiger charge is 2.62. The van der Waals surface area contributed by atoms with Gasteiger partial charge in [-0.1, -0.05) is 42.5 Å².